The Morgan fingerprint density at radius 3 is 1.80 bits per heavy atom. The minimum atomic E-state index is 0.0815. The van der Waals surface area contributed by atoms with Crippen molar-refractivity contribution in [3.05, 3.63) is 107 Å². The van der Waals surface area contributed by atoms with E-state index >= 15 is 0 Å². The van der Waals surface area contributed by atoms with E-state index in [1.54, 1.807) is 17.4 Å². The fraction of sp³-hybridized carbons (Fsp3) is 0.211. The molecule has 44 heavy (non-hydrogen) atoms. The molecule has 0 radical (unpaired) electrons. The number of furan rings is 1. The van der Waals surface area contributed by atoms with Crippen molar-refractivity contribution in [2.45, 2.75) is 52.4 Å². The van der Waals surface area contributed by atoms with E-state index in [1.807, 2.05) is 24.3 Å². The van der Waals surface area contributed by atoms with Crippen molar-refractivity contribution < 1.29 is 4.42 Å². The third-order valence-corrected chi connectivity index (χ3v) is 9.89. The lowest BCUT2D eigenvalue weighted by Crippen LogP contribution is -2.14. The number of benzene rings is 3. The Labute approximate surface area is 266 Å². The second-order valence-electron chi connectivity index (χ2n) is 13.0. The van der Waals surface area contributed by atoms with Crippen molar-refractivity contribution in [3.8, 4) is 22.8 Å². The topological polar surface area (TPSA) is 64.0 Å². The van der Waals surface area contributed by atoms with Crippen LogP contribution in [0, 0.1) is 22.7 Å². The van der Waals surface area contributed by atoms with Crippen LogP contribution in [-0.4, -0.2) is 0 Å². The Morgan fingerprint density at radius 2 is 1.25 bits per heavy atom. The standard InChI is InChI=1S/C38H33N3OS2/c1-37(2,3)25-7-11-27(12-8-25)41(28-13-9-26(10-14-28)38(4,5)6)29-15-17-31-34(20-29)44-35-21-32(42-36(31)35)33-18-16-30(43-33)19-24(22-39)23-40/h7-21H,1-6H3. The molecule has 0 saturated carbocycles. The highest BCUT2D eigenvalue weighted by Crippen LogP contribution is 2.44. The molecule has 6 aromatic rings. The minimum Gasteiger partial charge on any atom is -0.454 e. The summed E-state index contributed by atoms with van der Waals surface area (Å²) >= 11 is 3.22. The minimum absolute atomic E-state index is 0.0815. The molecule has 0 amide bonds. The van der Waals surface area contributed by atoms with Crippen molar-refractivity contribution in [1.82, 2.24) is 0 Å². The summed E-state index contributed by atoms with van der Waals surface area (Å²) < 4.78 is 8.64. The molecule has 0 N–H and O–H groups in total. The maximum Gasteiger partial charge on any atom is 0.153 e. The van der Waals surface area contributed by atoms with E-state index in [2.05, 4.69) is 119 Å². The fourth-order valence-corrected chi connectivity index (χ4v) is 7.26. The summed E-state index contributed by atoms with van der Waals surface area (Å²) in [4.78, 5) is 4.13. The Balaban J connectivity index is 1.40. The number of hydrogen-bond donors (Lipinski definition) is 0. The molecule has 6 heteroatoms. The molecule has 3 aromatic heterocycles. The molecular weight excluding hydrogens is 579 g/mol. The summed E-state index contributed by atoms with van der Waals surface area (Å²) in [5.74, 6) is 0.789. The van der Waals surface area contributed by atoms with Gasteiger partial charge in [-0.2, -0.15) is 10.5 Å². The third kappa shape index (κ3) is 5.67. The highest BCUT2D eigenvalue weighted by Gasteiger charge is 2.20. The lowest BCUT2D eigenvalue weighted by molar-refractivity contribution is 0.590. The van der Waals surface area contributed by atoms with Gasteiger partial charge in [-0.3, -0.25) is 0 Å². The van der Waals surface area contributed by atoms with E-state index in [0.29, 0.717) is 0 Å². The van der Waals surface area contributed by atoms with Crippen LogP contribution in [0.2, 0.25) is 0 Å². The van der Waals surface area contributed by atoms with E-state index in [4.69, 9.17) is 14.9 Å². The molecule has 0 unspecified atom stereocenters. The third-order valence-electron chi connectivity index (χ3n) is 7.77. The van der Waals surface area contributed by atoms with Crippen molar-refractivity contribution in [2.75, 3.05) is 4.90 Å². The molecule has 0 fully saturated rings. The zero-order valence-corrected chi connectivity index (χ0v) is 27.4. The lowest BCUT2D eigenvalue weighted by Gasteiger charge is -2.28. The van der Waals surface area contributed by atoms with Crippen LogP contribution >= 0.6 is 22.7 Å². The second-order valence-corrected chi connectivity index (χ2v) is 15.2. The van der Waals surface area contributed by atoms with Crippen LogP contribution in [-0.2, 0) is 10.8 Å². The Bertz CT molecular complexity index is 2020. The molecule has 6 rings (SSSR count). The average Bonchev–Trinajstić information content (AvgIpc) is 3.70. The van der Waals surface area contributed by atoms with Gasteiger partial charge in [0.15, 0.2) is 5.58 Å². The van der Waals surface area contributed by atoms with Gasteiger partial charge < -0.3 is 9.32 Å². The van der Waals surface area contributed by atoms with Gasteiger partial charge in [-0.1, -0.05) is 65.8 Å². The van der Waals surface area contributed by atoms with Crippen molar-refractivity contribution >= 4 is 66.2 Å². The molecule has 0 atom stereocenters. The molecule has 0 spiro atoms. The van der Waals surface area contributed by atoms with Crippen molar-refractivity contribution in [2.24, 2.45) is 0 Å². The van der Waals surface area contributed by atoms with Gasteiger partial charge in [0.2, 0.25) is 0 Å². The Hall–Kier alpha value is -4.62. The van der Waals surface area contributed by atoms with Gasteiger partial charge >= 0.3 is 0 Å². The van der Waals surface area contributed by atoms with Gasteiger partial charge in [-0.15, -0.1) is 22.7 Å². The van der Waals surface area contributed by atoms with Crippen LogP contribution in [0.25, 0.3) is 37.1 Å². The van der Waals surface area contributed by atoms with E-state index in [-0.39, 0.29) is 16.4 Å². The average molecular weight is 612 g/mol. The van der Waals surface area contributed by atoms with Gasteiger partial charge in [-0.25, -0.2) is 0 Å². The van der Waals surface area contributed by atoms with Crippen LogP contribution < -0.4 is 4.90 Å². The molecule has 4 nitrogen and oxygen atoms in total. The van der Waals surface area contributed by atoms with Crippen molar-refractivity contribution in [1.29, 1.82) is 10.5 Å². The smallest absolute Gasteiger partial charge is 0.153 e. The summed E-state index contributed by atoms with van der Waals surface area (Å²) in [6, 6.07) is 34.2. The van der Waals surface area contributed by atoms with Crippen LogP contribution in [0.5, 0.6) is 0 Å². The molecule has 218 valence electrons. The number of thiophene rings is 2. The highest BCUT2D eigenvalue weighted by molar-refractivity contribution is 7.25. The first kappa shape index (κ1) is 29.5. The SMILES string of the molecule is CC(C)(C)c1ccc(N(c2ccc(C(C)(C)C)cc2)c2ccc3c(c2)sc2cc(-c4ccc(C=C(C#N)C#N)s4)oc23)cc1. The van der Waals surface area contributed by atoms with Gasteiger partial charge in [0, 0.05) is 38.1 Å². The molecule has 0 aliphatic carbocycles. The number of nitriles is 2. The second kappa shape index (κ2) is 11.1. The van der Waals surface area contributed by atoms with Crippen LogP contribution in [0.15, 0.2) is 94.9 Å². The van der Waals surface area contributed by atoms with Crippen molar-refractivity contribution in [3.63, 3.8) is 0 Å². The summed E-state index contributed by atoms with van der Waals surface area (Å²) in [5.41, 5.74) is 7.05. The first-order chi connectivity index (χ1) is 20.9. The predicted molar refractivity (Wildman–Crippen MR) is 186 cm³/mol. The molecular formula is C38H33N3OS2. The van der Waals surface area contributed by atoms with E-state index < -0.39 is 0 Å². The fourth-order valence-electron chi connectivity index (χ4n) is 5.26. The molecule has 3 heterocycles. The molecule has 0 saturated heterocycles. The number of anilines is 3. The van der Waals surface area contributed by atoms with Gasteiger partial charge in [-0.05, 0) is 82.6 Å². The summed E-state index contributed by atoms with van der Waals surface area (Å²) in [7, 11) is 0. The number of fused-ring (bicyclic) bond motifs is 3. The Morgan fingerprint density at radius 1 is 0.682 bits per heavy atom. The van der Waals surface area contributed by atoms with Crippen LogP contribution in [0.3, 0.4) is 0 Å². The predicted octanol–water partition coefficient (Wildman–Crippen LogP) is 11.9. The molecule has 0 bridgehead atoms. The summed E-state index contributed by atoms with van der Waals surface area (Å²) in [6.45, 7) is 13.4. The normalized spacial score (nSPS) is 11.8. The first-order valence-corrected chi connectivity index (χ1v) is 16.2. The molecule has 0 aliphatic rings. The maximum absolute atomic E-state index is 9.09. The lowest BCUT2D eigenvalue weighted by atomic mass is 9.86. The van der Waals surface area contributed by atoms with Gasteiger partial charge in [0.05, 0.1) is 9.58 Å². The van der Waals surface area contributed by atoms with Gasteiger partial charge in [0.25, 0.3) is 0 Å². The first-order valence-electron chi connectivity index (χ1n) is 14.5. The number of nitrogens with zero attached hydrogens (tertiary/aromatic N) is 3. The highest BCUT2D eigenvalue weighted by atomic mass is 32.1. The van der Waals surface area contributed by atoms with E-state index in [9.17, 15) is 0 Å². The van der Waals surface area contributed by atoms with E-state index in [0.717, 1.165) is 52.9 Å². The monoisotopic (exact) mass is 611 g/mol. The Kier molecular flexibility index (Phi) is 7.46. The number of hydrogen-bond acceptors (Lipinski definition) is 6. The number of allylic oxidation sites excluding steroid dienone is 1. The summed E-state index contributed by atoms with van der Waals surface area (Å²) in [6.07, 6.45) is 1.61. The van der Waals surface area contributed by atoms with Crippen LogP contribution in [0.1, 0.15) is 57.5 Å². The number of rotatable bonds is 5. The maximum atomic E-state index is 9.09. The largest absolute Gasteiger partial charge is 0.454 e. The zero-order valence-electron chi connectivity index (χ0n) is 25.7. The quantitative estimate of drug-likeness (QED) is 0.182. The molecule has 3 aromatic carbocycles. The van der Waals surface area contributed by atoms with Crippen LogP contribution in [0.4, 0.5) is 17.1 Å². The zero-order chi connectivity index (χ0) is 31.2. The van der Waals surface area contributed by atoms with Gasteiger partial charge in [0.1, 0.15) is 23.5 Å². The van der Waals surface area contributed by atoms with E-state index in [1.165, 1.54) is 22.5 Å². The summed E-state index contributed by atoms with van der Waals surface area (Å²) in [5, 5.41) is 19.3. The molecule has 0 aliphatic heterocycles.